The zero-order valence-electron chi connectivity index (χ0n) is 14.2. The monoisotopic (exact) mass is 389 g/mol. The maximum absolute atomic E-state index is 13.3. The summed E-state index contributed by atoms with van der Waals surface area (Å²) in [7, 11) is 0. The van der Waals surface area contributed by atoms with E-state index in [0.717, 1.165) is 16.8 Å². The molecule has 0 aliphatic rings. The highest BCUT2D eigenvalue weighted by Crippen LogP contribution is 2.33. The summed E-state index contributed by atoms with van der Waals surface area (Å²) >= 11 is 12.5. The van der Waals surface area contributed by atoms with Crippen molar-refractivity contribution in [2.24, 2.45) is 0 Å². The molecule has 0 aromatic heterocycles. The third kappa shape index (κ3) is 4.90. The van der Waals surface area contributed by atoms with Gasteiger partial charge in [0.15, 0.2) is 0 Å². The number of nitrogens with one attached hydrogen (secondary N) is 1. The first-order chi connectivity index (χ1) is 12.5. The second-order valence-corrected chi connectivity index (χ2v) is 6.86. The van der Waals surface area contributed by atoms with Gasteiger partial charge in [-0.05, 0) is 48.9 Å². The highest BCUT2D eigenvalue weighted by atomic mass is 35.5. The van der Waals surface area contributed by atoms with Crippen LogP contribution in [0.1, 0.15) is 16.7 Å². The zero-order valence-corrected chi connectivity index (χ0v) is 15.7. The van der Waals surface area contributed by atoms with E-state index in [1.807, 2.05) is 37.3 Å². The first kappa shape index (κ1) is 18.6. The predicted octanol–water partition coefficient (Wildman–Crippen LogP) is 6.63. The smallest absolute Gasteiger partial charge is 0.143 e. The van der Waals surface area contributed by atoms with Gasteiger partial charge in [0.05, 0.1) is 5.02 Å². The van der Waals surface area contributed by atoms with E-state index in [1.165, 1.54) is 17.7 Å². The summed E-state index contributed by atoms with van der Waals surface area (Å²) in [6.07, 6.45) is 0. The largest absolute Gasteiger partial charge is 0.487 e. The lowest BCUT2D eigenvalue weighted by Gasteiger charge is -2.15. The SMILES string of the molecule is Cc1ccc(NCc2cc(Cl)cc(Cl)c2OCc2cccc(F)c2)cc1. The molecule has 0 unspecified atom stereocenters. The van der Waals surface area contributed by atoms with E-state index in [-0.39, 0.29) is 12.4 Å². The van der Waals surface area contributed by atoms with E-state index < -0.39 is 0 Å². The van der Waals surface area contributed by atoms with E-state index >= 15 is 0 Å². The highest BCUT2D eigenvalue weighted by Gasteiger charge is 2.11. The molecule has 5 heteroatoms. The van der Waals surface area contributed by atoms with Crippen molar-refractivity contribution in [3.8, 4) is 5.75 Å². The standard InChI is InChI=1S/C21H18Cl2FNO/c1-14-5-7-19(8-6-14)25-12-16-10-17(22)11-20(23)21(16)26-13-15-3-2-4-18(24)9-15/h2-11,25H,12-13H2,1H3. The van der Waals surface area contributed by atoms with Gasteiger partial charge in [0.2, 0.25) is 0 Å². The molecule has 0 aliphatic heterocycles. The Morgan fingerprint density at radius 1 is 1.00 bits per heavy atom. The third-order valence-electron chi connectivity index (χ3n) is 3.89. The lowest BCUT2D eigenvalue weighted by Crippen LogP contribution is -2.04. The second-order valence-electron chi connectivity index (χ2n) is 6.01. The van der Waals surface area contributed by atoms with Crippen molar-refractivity contribution in [3.05, 3.63) is 93.2 Å². The minimum Gasteiger partial charge on any atom is -0.487 e. The first-order valence-corrected chi connectivity index (χ1v) is 8.92. The average Bonchev–Trinajstić information content (AvgIpc) is 2.60. The van der Waals surface area contributed by atoms with Crippen molar-refractivity contribution in [2.45, 2.75) is 20.1 Å². The van der Waals surface area contributed by atoms with Gasteiger partial charge in [-0.3, -0.25) is 0 Å². The minimum absolute atomic E-state index is 0.219. The molecule has 3 aromatic carbocycles. The van der Waals surface area contributed by atoms with Gasteiger partial charge in [-0.1, -0.05) is 53.0 Å². The molecule has 0 radical (unpaired) electrons. The van der Waals surface area contributed by atoms with Crippen LogP contribution in [0, 0.1) is 12.7 Å². The average molecular weight is 390 g/mol. The molecule has 0 amide bonds. The Balaban J connectivity index is 1.76. The van der Waals surface area contributed by atoms with Crippen molar-refractivity contribution in [2.75, 3.05) is 5.32 Å². The molecule has 134 valence electrons. The Hall–Kier alpha value is -2.23. The molecule has 0 bridgehead atoms. The number of hydrogen-bond acceptors (Lipinski definition) is 2. The van der Waals surface area contributed by atoms with Crippen LogP contribution in [0.2, 0.25) is 10.0 Å². The molecule has 3 rings (SSSR count). The highest BCUT2D eigenvalue weighted by molar-refractivity contribution is 6.35. The van der Waals surface area contributed by atoms with E-state index in [0.29, 0.717) is 22.3 Å². The van der Waals surface area contributed by atoms with Gasteiger partial charge in [0.25, 0.3) is 0 Å². The fourth-order valence-electron chi connectivity index (χ4n) is 2.56. The number of hydrogen-bond donors (Lipinski definition) is 1. The van der Waals surface area contributed by atoms with Crippen LogP contribution in [-0.2, 0) is 13.2 Å². The summed E-state index contributed by atoms with van der Waals surface area (Å²) in [5, 5.41) is 4.29. The van der Waals surface area contributed by atoms with Crippen molar-refractivity contribution >= 4 is 28.9 Å². The van der Waals surface area contributed by atoms with E-state index in [4.69, 9.17) is 27.9 Å². The van der Waals surface area contributed by atoms with Crippen LogP contribution in [0.3, 0.4) is 0 Å². The Bertz CT molecular complexity index is 897. The van der Waals surface area contributed by atoms with Crippen LogP contribution in [0.4, 0.5) is 10.1 Å². The quantitative estimate of drug-likeness (QED) is 0.510. The molecule has 3 aromatic rings. The van der Waals surface area contributed by atoms with Crippen LogP contribution >= 0.6 is 23.2 Å². The number of benzene rings is 3. The first-order valence-electron chi connectivity index (χ1n) is 8.17. The van der Waals surface area contributed by atoms with Crippen molar-refractivity contribution < 1.29 is 9.13 Å². The second kappa shape index (κ2) is 8.43. The summed E-state index contributed by atoms with van der Waals surface area (Å²) < 4.78 is 19.2. The number of anilines is 1. The molecule has 0 saturated carbocycles. The molecule has 1 N–H and O–H groups in total. The van der Waals surface area contributed by atoms with Crippen LogP contribution in [-0.4, -0.2) is 0 Å². The molecule has 0 heterocycles. The Labute approximate surface area is 162 Å². The van der Waals surface area contributed by atoms with Crippen LogP contribution < -0.4 is 10.1 Å². The van der Waals surface area contributed by atoms with Gasteiger partial charge >= 0.3 is 0 Å². The van der Waals surface area contributed by atoms with Gasteiger partial charge in [-0.15, -0.1) is 0 Å². The molecule has 0 atom stereocenters. The maximum Gasteiger partial charge on any atom is 0.143 e. The molecular weight excluding hydrogens is 372 g/mol. The van der Waals surface area contributed by atoms with E-state index in [9.17, 15) is 4.39 Å². The summed E-state index contributed by atoms with van der Waals surface area (Å²) in [4.78, 5) is 0. The predicted molar refractivity (Wildman–Crippen MR) is 106 cm³/mol. The Kier molecular flexibility index (Phi) is 6.02. The number of halogens is 3. The van der Waals surface area contributed by atoms with Crippen LogP contribution in [0.25, 0.3) is 0 Å². The van der Waals surface area contributed by atoms with Crippen LogP contribution in [0.5, 0.6) is 5.75 Å². The van der Waals surface area contributed by atoms with Gasteiger partial charge in [0.1, 0.15) is 18.2 Å². The van der Waals surface area contributed by atoms with Gasteiger partial charge in [-0.25, -0.2) is 4.39 Å². The summed E-state index contributed by atoms with van der Waals surface area (Å²) in [5.74, 6) is 0.245. The van der Waals surface area contributed by atoms with E-state index in [2.05, 4.69) is 5.32 Å². The molecular formula is C21H18Cl2FNO. The summed E-state index contributed by atoms with van der Waals surface area (Å²) in [6, 6.07) is 17.8. The summed E-state index contributed by atoms with van der Waals surface area (Å²) in [5.41, 5.74) is 3.75. The van der Waals surface area contributed by atoms with Crippen molar-refractivity contribution in [1.82, 2.24) is 0 Å². The maximum atomic E-state index is 13.3. The Morgan fingerprint density at radius 2 is 1.77 bits per heavy atom. The van der Waals surface area contributed by atoms with Crippen LogP contribution in [0.15, 0.2) is 60.7 Å². The normalized spacial score (nSPS) is 10.6. The fraction of sp³-hybridized carbons (Fsp3) is 0.143. The molecule has 2 nitrogen and oxygen atoms in total. The Morgan fingerprint density at radius 3 is 2.50 bits per heavy atom. The summed E-state index contributed by atoms with van der Waals surface area (Å²) in [6.45, 7) is 2.76. The van der Waals surface area contributed by atoms with E-state index in [1.54, 1.807) is 18.2 Å². The topological polar surface area (TPSA) is 21.3 Å². The molecule has 0 spiro atoms. The molecule has 0 fully saturated rings. The molecule has 26 heavy (non-hydrogen) atoms. The number of aryl methyl sites for hydroxylation is 1. The third-order valence-corrected chi connectivity index (χ3v) is 4.39. The number of rotatable bonds is 6. The minimum atomic E-state index is -0.297. The fourth-order valence-corrected chi connectivity index (χ4v) is 3.15. The van der Waals surface area contributed by atoms with Crippen molar-refractivity contribution in [3.63, 3.8) is 0 Å². The van der Waals surface area contributed by atoms with Gasteiger partial charge in [-0.2, -0.15) is 0 Å². The molecule has 0 saturated heterocycles. The lowest BCUT2D eigenvalue weighted by atomic mass is 10.1. The van der Waals surface area contributed by atoms with Crippen molar-refractivity contribution in [1.29, 1.82) is 0 Å². The number of ether oxygens (including phenoxy) is 1. The molecule has 0 aliphatic carbocycles. The van der Waals surface area contributed by atoms with Gasteiger partial charge in [0, 0.05) is 22.8 Å². The zero-order chi connectivity index (χ0) is 18.5. The van der Waals surface area contributed by atoms with Gasteiger partial charge < -0.3 is 10.1 Å². The lowest BCUT2D eigenvalue weighted by molar-refractivity contribution is 0.303.